The Kier molecular flexibility index (Phi) is 3.15. The third-order valence-corrected chi connectivity index (χ3v) is 6.95. The normalized spacial score (nSPS) is 36.5. The van der Waals surface area contributed by atoms with Gasteiger partial charge in [0, 0.05) is 11.8 Å². The minimum atomic E-state index is -0.0137. The average Bonchev–Trinajstić information content (AvgIpc) is 2.82. The molecule has 2 saturated carbocycles. The van der Waals surface area contributed by atoms with E-state index in [4.69, 9.17) is 4.74 Å². The Hall–Kier alpha value is -1.31. The topological polar surface area (TPSA) is 26.3 Å². The molecule has 0 aliphatic heterocycles. The molecule has 22 heavy (non-hydrogen) atoms. The first-order valence-electron chi connectivity index (χ1n) is 8.75. The molecule has 0 heterocycles. The molecule has 2 nitrogen and oxygen atoms in total. The van der Waals surface area contributed by atoms with Crippen molar-refractivity contribution in [1.29, 1.82) is 0 Å². The first-order valence-corrected chi connectivity index (χ1v) is 8.75. The summed E-state index contributed by atoms with van der Waals surface area (Å²) >= 11 is 0. The van der Waals surface area contributed by atoms with Crippen LogP contribution in [0.1, 0.15) is 61.6 Å². The highest BCUT2D eigenvalue weighted by Crippen LogP contribution is 2.59. The molecule has 3 aliphatic rings. The van der Waals surface area contributed by atoms with Crippen molar-refractivity contribution in [1.82, 2.24) is 0 Å². The SMILES string of the molecule is COc1cc2c(cc1C)[C@H]1CC[C@]3(C)C(=O)CC[C@H]3[C@@H]1CC2. The molecule has 4 rings (SSSR count). The van der Waals surface area contributed by atoms with Crippen LogP contribution in [-0.4, -0.2) is 12.9 Å². The maximum Gasteiger partial charge on any atom is 0.139 e. The van der Waals surface area contributed by atoms with E-state index in [1.54, 1.807) is 12.7 Å². The van der Waals surface area contributed by atoms with E-state index in [9.17, 15) is 4.79 Å². The summed E-state index contributed by atoms with van der Waals surface area (Å²) in [6.45, 7) is 4.40. The predicted octanol–water partition coefficient (Wildman–Crippen LogP) is 4.43. The van der Waals surface area contributed by atoms with E-state index in [1.165, 1.54) is 24.0 Å². The molecule has 0 bridgehead atoms. The van der Waals surface area contributed by atoms with Gasteiger partial charge < -0.3 is 4.74 Å². The lowest BCUT2D eigenvalue weighted by Crippen LogP contribution is -2.42. The summed E-state index contributed by atoms with van der Waals surface area (Å²) in [7, 11) is 1.76. The average molecular weight is 298 g/mol. The van der Waals surface area contributed by atoms with Crippen LogP contribution in [0.3, 0.4) is 0 Å². The van der Waals surface area contributed by atoms with Crippen LogP contribution in [-0.2, 0) is 11.2 Å². The molecule has 0 N–H and O–H groups in total. The van der Waals surface area contributed by atoms with E-state index >= 15 is 0 Å². The highest BCUT2D eigenvalue weighted by atomic mass is 16.5. The number of hydrogen-bond acceptors (Lipinski definition) is 2. The van der Waals surface area contributed by atoms with E-state index in [2.05, 4.69) is 26.0 Å². The standard InChI is InChI=1S/C20H26O2/c1-12-10-16-13(11-18(12)22-3)4-5-15-14(16)8-9-20(2)17(15)6-7-19(20)21/h10-11,14-15,17H,4-9H2,1-3H3/t14-,15+,17-,20-/m0/s1. The maximum absolute atomic E-state index is 12.4. The summed E-state index contributed by atoms with van der Waals surface area (Å²) in [5, 5.41) is 0. The number of methoxy groups -OCH3 is 1. The lowest BCUT2D eigenvalue weighted by molar-refractivity contribution is -0.129. The van der Waals surface area contributed by atoms with Crippen LogP contribution >= 0.6 is 0 Å². The van der Waals surface area contributed by atoms with Crippen LogP contribution in [0.25, 0.3) is 0 Å². The van der Waals surface area contributed by atoms with E-state index in [1.807, 2.05) is 0 Å². The summed E-state index contributed by atoms with van der Waals surface area (Å²) in [5.41, 5.74) is 4.27. The predicted molar refractivity (Wildman–Crippen MR) is 87.4 cm³/mol. The number of carbonyl (C=O) groups is 1. The van der Waals surface area contributed by atoms with E-state index in [0.29, 0.717) is 23.5 Å². The van der Waals surface area contributed by atoms with Gasteiger partial charge in [0.05, 0.1) is 7.11 Å². The van der Waals surface area contributed by atoms with Gasteiger partial charge in [-0.3, -0.25) is 4.79 Å². The molecule has 4 atom stereocenters. The largest absolute Gasteiger partial charge is 0.496 e. The number of Topliss-reactive ketones (excluding diaryl/α,β-unsaturated/α-hetero) is 1. The summed E-state index contributed by atoms with van der Waals surface area (Å²) in [4.78, 5) is 12.4. The Labute approximate surface area is 133 Å². The lowest BCUT2D eigenvalue weighted by atomic mass is 9.55. The summed E-state index contributed by atoms with van der Waals surface area (Å²) in [5.74, 6) is 3.55. The zero-order valence-electron chi connectivity index (χ0n) is 13.9. The van der Waals surface area contributed by atoms with Gasteiger partial charge in [-0.25, -0.2) is 0 Å². The van der Waals surface area contributed by atoms with Crippen molar-refractivity contribution in [2.24, 2.45) is 17.3 Å². The van der Waals surface area contributed by atoms with E-state index < -0.39 is 0 Å². The molecule has 1 aromatic carbocycles. The second kappa shape index (κ2) is 4.84. The van der Waals surface area contributed by atoms with Crippen molar-refractivity contribution in [2.75, 3.05) is 7.11 Å². The zero-order valence-corrected chi connectivity index (χ0v) is 13.9. The molecular formula is C20H26O2. The Morgan fingerprint density at radius 2 is 2.00 bits per heavy atom. The van der Waals surface area contributed by atoms with Crippen LogP contribution < -0.4 is 4.74 Å². The van der Waals surface area contributed by atoms with Gasteiger partial charge in [0.1, 0.15) is 11.5 Å². The molecule has 118 valence electrons. The first-order chi connectivity index (χ1) is 10.5. The molecule has 2 heteroatoms. The summed E-state index contributed by atoms with van der Waals surface area (Å²) in [6.07, 6.45) is 6.61. The van der Waals surface area contributed by atoms with Gasteiger partial charge in [-0.15, -0.1) is 0 Å². The van der Waals surface area contributed by atoms with Gasteiger partial charge in [0.15, 0.2) is 0 Å². The van der Waals surface area contributed by atoms with E-state index in [-0.39, 0.29) is 5.41 Å². The number of benzene rings is 1. The fourth-order valence-electron chi connectivity index (χ4n) is 5.70. The first kappa shape index (κ1) is 14.3. The van der Waals surface area contributed by atoms with Crippen LogP contribution in [0.15, 0.2) is 12.1 Å². The van der Waals surface area contributed by atoms with Gasteiger partial charge in [0.25, 0.3) is 0 Å². The smallest absolute Gasteiger partial charge is 0.139 e. The maximum atomic E-state index is 12.4. The fraction of sp³-hybridized carbons (Fsp3) is 0.650. The monoisotopic (exact) mass is 298 g/mol. The van der Waals surface area contributed by atoms with Crippen LogP contribution in [0.4, 0.5) is 0 Å². The molecule has 0 unspecified atom stereocenters. The minimum Gasteiger partial charge on any atom is -0.496 e. The third kappa shape index (κ3) is 1.82. The number of aryl methyl sites for hydroxylation is 2. The number of fused-ring (bicyclic) bond motifs is 5. The van der Waals surface area contributed by atoms with Gasteiger partial charge >= 0.3 is 0 Å². The highest BCUT2D eigenvalue weighted by molar-refractivity contribution is 5.87. The van der Waals surface area contributed by atoms with Gasteiger partial charge in [-0.1, -0.05) is 13.0 Å². The molecule has 3 aliphatic carbocycles. The highest BCUT2D eigenvalue weighted by Gasteiger charge is 2.54. The van der Waals surface area contributed by atoms with Crippen molar-refractivity contribution in [3.63, 3.8) is 0 Å². The second-order valence-corrected chi connectivity index (χ2v) is 7.85. The zero-order chi connectivity index (χ0) is 15.5. The van der Waals surface area contributed by atoms with Crippen LogP contribution in [0, 0.1) is 24.2 Å². The minimum absolute atomic E-state index is 0.0137. The molecule has 0 saturated heterocycles. The third-order valence-electron chi connectivity index (χ3n) is 6.95. The number of ether oxygens (including phenoxy) is 1. The van der Waals surface area contributed by atoms with Gasteiger partial charge in [0.2, 0.25) is 0 Å². The fourth-order valence-corrected chi connectivity index (χ4v) is 5.70. The molecule has 2 fully saturated rings. The Morgan fingerprint density at radius 1 is 1.18 bits per heavy atom. The molecule has 1 aromatic rings. The molecule has 0 amide bonds. The quantitative estimate of drug-likeness (QED) is 0.766. The molecule has 0 spiro atoms. The van der Waals surface area contributed by atoms with Crippen molar-refractivity contribution in [2.45, 2.75) is 58.3 Å². The van der Waals surface area contributed by atoms with Crippen molar-refractivity contribution < 1.29 is 9.53 Å². The Bertz CT molecular complexity index is 633. The second-order valence-electron chi connectivity index (χ2n) is 7.85. The van der Waals surface area contributed by atoms with Crippen molar-refractivity contribution in [3.05, 3.63) is 28.8 Å². The van der Waals surface area contributed by atoms with E-state index in [0.717, 1.165) is 31.4 Å². The van der Waals surface area contributed by atoms with Crippen molar-refractivity contribution >= 4 is 5.78 Å². The van der Waals surface area contributed by atoms with Crippen LogP contribution in [0.5, 0.6) is 5.75 Å². The Balaban J connectivity index is 1.73. The summed E-state index contributed by atoms with van der Waals surface area (Å²) in [6, 6.07) is 4.62. The molecule has 0 radical (unpaired) electrons. The van der Waals surface area contributed by atoms with Gasteiger partial charge in [-0.05, 0) is 79.5 Å². The molecular weight excluding hydrogens is 272 g/mol. The number of carbonyl (C=O) groups excluding carboxylic acids is 1. The van der Waals surface area contributed by atoms with Crippen LogP contribution in [0.2, 0.25) is 0 Å². The summed E-state index contributed by atoms with van der Waals surface area (Å²) < 4.78 is 5.50. The Morgan fingerprint density at radius 3 is 2.77 bits per heavy atom. The van der Waals surface area contributed by atoms with Crippen molar-refractivity contribution in [3.8, 4) is 5.75 Å². The number of hydrogen-bond donors (Lipinski definition) is 0. The molecule has 0 aromatic heterocycles. The lowest BCUT2D eigenvalue weighted by Gasteiger charge is -2.48. The van der Waals surface area contributed by atoms with Gasteiger partial charge in [-0.2, -0.15) is 0 Å². The number of rotatable bonds is 1. The number of ketones is 1.